The third-order valence-electron chi connectivity index (χ3n) is 2.87. The Balaban J connectivity index is 0.000000574. The van der Waals surface area contributed by atoms with Gasteiger partial charge in [-0.3, -0.25) is 0 Å². The van der Waals surface area contributed by atoms with Crippen molar-refractivity contribution in [1.29, 1.82) is 0 Å². The second-order valence-electron chi connectivity index (χ2n) is 3.96. The highest BCUT2D eigenvalue weighted by Crippen LogP contribution is 2.24. The molecule has 7 heteroatoms. The van der Waals surface area contributed by atoms with Gasteiger partial charge in [0.15, 0.2) is 5.65 Å². The molecule has 0 unspecified atom stereocenters. The Morgan fingerprint density at radius 2 is 1.94 bits per heavy atom. The fraction of sp³-hybridized carbons (Fsp3) is 0.455. The van der Waals surface area contributed by atoms with Gasteiger partial charge in [0.05, 0.1) is 10.7 Å². The van der Waals surface area contributed by atoms with E-state index in [1.807, 2.05) is 6.07 Å². The Kier molecular flexibility index (Phi) is 4.03. The standard InChI is InChI=1S/C10H12BrN5.CH5N/c11-7-6-13-16-8(12)5-9(14-10(7)16)15-3-1-2-4-15;1-2/h5-6H,1-4,12H2;2H2,1H3. The lowest BCUT2D eigenvalue weighted by Gasteiger charge is -2.16. The lowest BCUT2D eigenvalue weighted by atomic mass is 10.4. The maximum Gasteiger partial charge on any atom is 0.173 e. The molecule has 0 amide bonds. The zero-order valence-corrected chi connectivity index (χ0v) is 11.9. The highest BCUT2D eigenvalue weighted by molar-refractivity contribution is 9.10. The molecule has 0 spiro atoms. The van der Waals surface area contributed by atoms with Gasteiger partial charge in [-0.25, -0.2) is 4.98 Å². The summed E-state index contributed by atoms with van der Waals surface area (Å²) < 4.78 is 2.52. The monoisotopic (exact) mass is 312 g/mol. The summed E-state index contributed by atoms with van der Waals surface area (Å²) in [7, 11) is 1.50. The molecule has 3 heterocycles. The van der Waals surface area contributed by atoms with Crippen LogP contribution < -0.4 is 16.4 Å². The highest BCUT2D eigenvalue weighted by Gasteiger charge is 2.16. The summed E-state index contributed by atoms with van der Waals surface area (Å²) in [6.45, 7) is 2.13. The van der Waals surface area contributed by atoms with Gasteiger partial charge in [-0.2, -0.15) is 9.61 Å². The first-order valence-corrected chi connectivity index (χ1v) is 6.67. The summed E-state index contributed by atoms with van der Waals surface area (Å²) in [5.41, 5.74) is 11.2. The number of rotatable bonds is 1. The first-order chi connectivity index (χ1) is 8.75. The van der Waals surface area contributed by atoms with Crippen LogP contribution in [0.4, 0.5) is 11.6 Å². The number of halogens is 1. The Morgan fingerprint density at radius 3 is 2.61 bits per heavy atom. The van der Waals surface area contributed by atoms with Gasteiger partial charge in [0, 0.05) is 19.2 Å². The van der Waals surface area contributed by atoms with E-state index in [0.717, 1.165) is 29.0 Å². The normalized spacial score (nSPS) is 14.7. The van der Waals surface area contributed by atoms with Crippen molar-refractivity contribution in [2.45, 2.75) is 12.8 Å². The van der Waals surface area contributed by atoms with Gasteiger partial charge in [-0.1, -0.05) is 0 Å². The van der Waals surface area contributed by atoms with Crippen LogP contribution in [0.5, 0.6) is 0 Å². The molecule has 0 radical (unpaired) electrons. The SMILES string of the molecule is CN.Nc1cc(N2CCCC2)nc2c(Br)cnn12. The molecule has 1 fully saturated rings. The van der Waals surface area contributed by atoms with Crippen LogP contribution >= 0.6 is 15.9 Å². The minimum atomic E-state index is 0.623. The number of hydrogen-bond acceptors (Lipinski definition) is 5. The topological polar surface area (TPSA) is 85.5 Å². The van der Waals surface area contributed by atoms with Crippen LogP contribution in [0.1, 0.15) is 12.8 Å². The summed E-state index contributed by atoms with van der Waals surface area (Å²) in [6.07, 6.45) is 4.17. The molecule has 98 valence electrons. The second kappa shape index (κ2) is 5.53. The van der Waals surface area contributed by atoms with E-state index in [-0.39, 0.29) is 0 Å². The average Bonchev–Trinajstić information content (AvgIpc) is 3.02. The van der Waals surface area contributed by atoms with Crippen LogP contribution in [-0.4, -0.2) is 34.7 Å². The van der Waals surface area contributed by atoms with Crippen molar-refractivity contribution in [3.63, 3.8) is 0 Å². The molecule has 0 bridgehead atoms. The van der Waals surface area contributed by atoms with Crippen molar-refractivity contribution in [2.75, 3.05) is 30.8 Å². The maximum absolute atomic E-state index is 5.95. The molecule has 4 N–H and O–H groups in total. The summed E-state index contributed by atoms with van der Waals surface area (Å²) in [4.78, 5) is 6.84. The third kappa shape index (κ3) is 2.28. The van der Waals surface area contributed by atoms with Crippen molar-refractivity contribution >= 4 is 33.2 Å². The lowest BCUT2D eigenvalue weighted by molar-refractivity contribution is 0.906. The number of nitrogen functional groups attached to an aromatic ring is 1. The predicted molar refractivity (Wildman–Crippen MR) is 76.7 cm³/mol. The van der Waals surface area contributed by atoms with Crippen LogP contribution in [0.25, 0.3) is 5.65 Å². The zero-order chi connectivity index (χ0) is 13.1. The van der Waals surface area contributed by atoms with E-state index < -0.39 is 0 Å². The van der Waals surface area contributed by atoms with E-state index in [1.165, 1.54) is 19.9 Å². The van der Waals surface area contributed by atoms with Crippen molar-refractivity contribution in [3.8, 4) is 0 Å². The van der Waals surface area contributed by atoms with E-state index in [0.29, 0.717) is 5.82 Å². The lowest BCUT2D eigenvalue weighted by Crippen LogP contribution is -2.19. The van der Waals surface area contributed by atoms with Crippen LogP contribution in [0.15, 0.2) is 16.7 Å². The summed E-state index contributed by atoms with van der Waals surface area (Å²) in [6, 6.07) is 1.89. The molecule has 0 aromatic carbocycles. The number of aromatic nitrogens is 3. The van der Waals surface area contributed by atoms with Gasteiger partial charge >= 0.3 is 0 Å². The smallest absolute Gasteiger partial charge is 0.173 e. The molecule has 0 aliphatic carbocycles. The molecular formula is C11H17BrN6. The quantitative estimate of drug-likeness (QED) is 0.827. The molecule has 6 nitrogen and oxygen atoms in total. The molecule has 0 saturated carbocycles. The summed E-state index contributed by atoms with van der Waals surface area (Å²) >= 11 is 3.42. The molecule has 2 aromatic rings. The van der Waals surface area contributed by atoms with Crippen LogP contribution in [-0.2, 0) is 0 Å². The fourth-order valence-electron chi connectivity index (χ4n) is 2.05. The number of anilines is 2. The highest BCUT2D eigenvalue weighted by atomic mass is 79.9. The molecule has 1 saturated heterocycles. The molecule has 3 rings (SSSR count). The van der Waals surface area contributed by atoms with Crippen molar-refractivity contribution in [3.05, 3.63) is 16.7 Å². The average molecular weight is 313 g/mol. The molecular weight excluding hydrogens is 296 g/mol. The Bertz CT molecular complexity index is 532. The molecule has 1 aliphatic heterocycles. The van der Waals surface area contributed by atoms with Crippen LogP contribution in [0.2, 0.25) is 0 Å². The van der Waals surface area contributed by atoms with Crippen LogP contribution in [0, 0.1) is 0 Å². The molecule has 0 atom stereocenters. The van der Waals surface area contributed by atoms with E-state index in [1.54, 1.807) is 10.7 Å². The first-order valence-electron chi connectivity index (χ1n) is 5.88. The minimum Gasteiger partial charge on any atom is -0.383 e. The van der Waals surface area contributed by atoms with E-state index in [9.17, 15) is 0 Å². The van der Waals surface area contributed by atoms with E-state index in [4.69, 9.17) is 5.73 Å². The van der Waals surface area contributed by atoms with Gasteiger partial charge < -0.3 is 16.4 Å². The van der Waals surface area contributed by atoms with Gasteiger partial charge in [0.25, 0.3) is 0 Å². The summed E-state index contributed by atoms with van der Waals surface area (Å²) in [5, 5.41) is 4.15. The number of nitrogens with two attached hydrogens (primary N) is 2. The molecule has 2 aromatic heterocycles. The van der Waals surface area contributed by atoms with Gasteiger partial charge in [-0.15, -0.1) is 0 Å². The van der Waals surface area contributed by atoms with Crippen molar-refractivity contribution in [1.82, 2.24) is 14.6 Å². The van der Waals surface area contributed by atoms with Crippen molar-refractivity contribution < 1.29 is 0 Å². The zero-order valence-electron chi connectivity index (χ0n) is 10.3. The fourth-order valence-corrected chi connectivity index (χ4v) is 2.40. The number of hydrogen-bond donors (Lipinski definition) is 2. The number of fused-ring (bicyclic) bond motifs is 1. The molecule has 1 aliphatic rings. The maximum atomic E-state index is 5.95. The predicted octanol–water partition coefficient (Wildman–Crippen LogP) is 1.25. The molecule has 18 heavy (non-hydrogen) atoms. The van der Waals surface area contributed by atoms with Gasteiger partial charge in [-0.05, 0) is 35.8 Å². The Labute approximate surface area is 114 Å². The van der Waals surface area contributed by atoms with Gasteiger partial charge in [0.2, 0.25) is 0 Å². The van der Waals surface area contributed by atoms with Crippen molar-refractivity contribution in [2.24, 2.45) is 5.73 Å². The Hall–Kier alpha value is -1.34. The summed E-state index contributed by atoms with van der Waals surface area (Å²) in [5.74, 6) is 1.57. The van der Waals surface area contributed by atoms with Crippen LogP contribution in [0.3, 0.4) is 0 Å². The first kappa shape index (κ1) is 13.1. The van der Waals surface area contributed by atoms with E-state index >= 15 is 0 Å². The third-order valence-corrected chi connectivity index (χ3v) is 3.43. The largest absolute Gasteiger partial charge is 0.383 e. The van der Waals surface area contributed by atoms with E-state index in [2.05, 4.69) is 36.6 Å². The second-order valence-corrected chi connectivity index (χ2v) is 4.82. The Morgan fingerprint density at radius 1 is 1.28 bits per heavy atom. The van der Waals surface area contributed by atoms with Gasteiger partial charge in [0.1, 0.15) is 11.6 Å². The number of nitrogens with zero attached hydrogens (tertiary/aromatic N) is 4. The minimum absolute atomic E-state index is 0.623.